The van der Waals surface area contributed by atoms with E-state index in [-0.39, 0.29) is 0 Å². The highest BCUT2D eigenvalue weighted by Gasteiger charge is 2.20. The second-order valence-corrected chi connectivity index (χ2v) is 6.21. The number of hydrogen-bond donors (Lipinski definition) is 1. The van der Waals surface area contributed by atoms with Crippen LogP contribution in [0, 0.1) is 23.2 Å². The molecule has 0 saturated heterocycles. The molecule has 0 bridgehead atoms. The van der Waals surface area contributed by atoms with Gasteiger partial charge in [0, 0.05) is 6.08 Å². The molecule has 1 aromatic carbocycles. The Kier molecular flexibility index (Phi) is 6.21. The summed E-state index contributed by atoms with van der Waals surface area (Å²) in [4.78, 5) is 10.4. The van der Waals surface area contributed by atoms with Gasteiger partial charge in [-0.05, 0) is 61.6 Å². The average Bonchev–Trinajstić information content (AvgIpc) is 2.54. The number of allylic oxidation sites excluding steroid dienone is 1. The highest BCUT2D eigenvalue weighted by molar-refractivity contribution is 5.79. The van der Waals surface area contributed by atoms with E-state index < -0.39 is 5.97 Å². The van der Waals surface area contributed by atoms with Crippen molar-refractivity contribution in [1.29, 1.82) is 5.26 Å². The lowest BCUT2D eigenvalue weighted by atomic mass is 9.78. The van der Waals surface area contributed by atoms with E-state index in [2.05, 4.69) is 18.2 Å². The maximum atomic E-state index is 10.4. The van der Waals surface area contributed by atoms with Gasteiger partial charge in [0.25, 0.3) is 0 Å². The summed E-state index contributed by atoms with van der Waals surface area (Å²) in [6.45, 7) is 0. The van der Waals surface area contributed by atoms with Crippen LogP contribution in [0.25, 0.3) is 0 Å². The molecule has 22 heavy (non-hydrogen) atoms. The van der Waals surface area contributed by atoms with Crippen molar-refractivity contribution in [2.75, 3.05) is 0 Å². The number of carboxylic acids is 1. The molecule has 3 heteroatoms. The van der Waals surface area contributed by atoms with E-state index in [1.807, 2.05) is 12.1 Å². The number of carbonyl (C=O) groups is 1. The fraction of sp³-hybridized carbons (Fsp3) is 0.474. The predicted octanol–water partition coefficient (Wildman–Crippen LogP) is 4.33. The lowest BCUT2D eigenvalue weighted by Crippen LogP contribution is -2.14. The molecule has 0 aromatic heterocycles. The van der Waals surface area contributed by atoms with Crippen LogP contribution in [-0.2, 0) is 11.2 Å². The molecule has 0 aliphatic heterocycles. The van der Waals surface area contributed by atoms with Crippen molar-refractivity contribution in [1.82, 2.24) is 0 Å². The first-order chi connectivity index (χ1) is 10.7. The van der Waals surface area contributed by atoms with Gasteiger partial charge < -0.3 is 5.11 Å². The first-order valence-electron chi connectivity index (χ1n) is 8.06. The molecule has 0 spiro atoms. The van der Waals surface area contributed by atoms with Crippen molar-refractivity contribution in [2.24, 2.45) is 11.8 Å². The van der Waals surface area contributed by atoms with E-state index in [4.69, 9.17) is 10.4 Å². The predicted molar refractivity (Wildman–Crippen MR) is 86.3 cm³/mol. The Labute approximate surface area is 132 Å². The second kappa shape index (κ2) is 8.38. The van der Waals surface area contributed by atoms with Crippen LogP contribution < -0.4 is 0 Å². The third-order valence-electron chi connectivity index (χ3n) is 4.62. The van der Waals surface area contributed by atoms with Gasteiger partial charge in [0.1, 0.15) is 0 Å². The third-order valence-corrected chi connectivity index (χ3v) is 4.62. The van der Waals surface area contributed by atoms with Crippen LogP contribution in [0.15, 0.2) is 36.4 Å². The van der Waals surface area contributed by atoms with Crippen molar-refractivity contribution in [3.8, 4) is 6.07 Å². The molecule has 1 aliphatic carbocycles. The summed E-state index contributed by atoms with van der Waals surface area (Å²) in [5.74, 6) is 0.591. The van der Waals surface area contributed by atoms with Crippen molar-refractivity contribution in [3.63, 3.8) is 0 Å². The van der Waals surface area contributed by atoms with Gasteiger partial charge in [-0.15, -0.1) is 0 Å². The van der Waals surface area contributed by atoms with Crippen LogP contribution in [0.5, 0.6) is 0 Å². The van der Waals surface area contributed by atoms with Gasteiger partial charge in [-0.1, -0.05) is 31.1 Å². The first-order valence-corrected chi connectivity index (χ1v) is 8.06. The van der Waals surface area contributed by atoms with Gasteiger partial charge >= 0.3 is 5.97 Å². The number of carboxylic acid groups (broad SMARTS) is 1. The molecule has 0 heterocycles. The molecular formula is C19H23NO2. The molecule has 1 saturated carbocycles. The van der Waals surface area contributed by atoms with Crippen LogP contribution in [0.2, 0.25) is 0 Å². The molecule has 0 amide bonds. The van der Waals surface area contributed by atoms with Gasteiger partial charge in [0.05, 0.1) is 11.6 Å². The van der Waals surface area contributed by atoms with Crippen LogP contribution >= 0.6 is 0 Å². The Hall–Kier alpha value is -2.08. The number of rotatable bonds is 6. The molecule has 0 radical (unpaired) electrons. The van der Waals surface area contributed by atoms with E-state index in [9.17, 15) is 4.79 Å². The zero-order valence-electron chi connectivity index (χ0n) is 12.9. The summed E-state index contributed by atoms with van der Waals surface area (Å²) in [5.41, 5.74) is 2.03. The summed E-state index contributed by atoms with van der Waals surface area (Å²) in [5, 5.41) is 17.4. The maximum absolute atomic E-state index is 10.4. The van der Waals surface area contributed by atoms with E-state index in [0.717, 1.165) is 24.3 Å². The monoisotopic (exact) mass is 297 g/mol. The third kappa shape index (κ3) is 5.37. The molecule has 1 aliphatic rings. The van der Waals surface area contributed by atoms with E-state index in [1.54, 1.807) is 6.08 Å². The van der Waals surface area contributed by atoms with Gasteiger partial charge in [-0.3, -0.25) is 0 Å². The van der Waals surface area contributed by atoms with Crippen LogP contribution in [-0.4, -0.2) is 11.1 Å². The standard InChI is InChI=1S/C19H23NO2/c20-14-18-12-10-17(11-13-18)9-8-16-6-4-15(5-7-16)2-1-3-19(21)22/h1,3,10-13,15-16H,2,4-9H2,(H,21,22)/b3-1+/t15-,16-. The Morgan fingerprint density at radius 3 is 2.41 bits per heavy atom. The topological polar surface area (TPSA) is 61.1 Å². The van der Waals surface area contributed by atoms with Crippen LogP contribution in [0.3, 0.4) is 0 Å². The fourth-order valence-corrected chi connectivity index (χ4v) is 3.23. The van der Waals surface area contributed by atoms with E-state index >= 15 is 0 Å². The SMILES string of the molecule is N#Cc1ccc(CC[C@H]2CC[C@H](C/C=C/C(=O)O)CC2)cc1. The molecule has 1 N–H and O–H groups in total. The van der Waals surface area contributed by atoms with Crippen LogP contribution in [0.1, 0.15) is 49.7 Å². The minimum Gasteiger partial charge on any atom is -0.478 e. The number of benzene rings is 1. The van der Waals surface area contributed by atoms with E-state index in [1.165, 1.54) is 43.7 Å². The molecule has 0 atom stereocenters. The smallest absolute Gasteiger partial charge is 0.327 e. The Morgan fingerprint density at radius 2 is 1.82 bits per heavy atom. The van der Waals surface area contributed by atoms with Gasteiger partial charge in [-0.2, -0.15) is 5.26 Å². The zero-order valence-corrected chi connectivity index (χ0v) is 12.9. The maximum Gasteiger partial charge on any atom is 0.327 e. The van der Waals surface area contributed by atoms with Crippen LogP contribution in [0.4, 0.5) is 0 Å². The number of aryl methyl sites for hydroxylation is 1. The van der Waals surface area contributed by atoms with Crippen molar-refractivity contribution in [3.05, 3.63) is 47.5 Å². The largest absolute Gasteiger partial charge is 0.478 e. The molecular weight excluding hydrogens is 274 g/mol. The number of aliphatic carboxylic acids is 1. The quantitative estimate of drug-likeness (QED) is 0.795. The molecule has 0 unspecified atom stereocenters. The first kappa shape index (κ1) is 16.3. The van der Waals surface area contributed by atoms with Crippen molar-refractivity contribution < 1.29 is 9.90 Å². The van der Waals surface area contributed by atoms with Gasteiger partial charge in [-0.25, -0.2) is 4.79 Å². The minimum absolute atomic E-state index is 0.654. The molecule has 116 valence electrons. The van der Waals surface area contributed by atoms with Gasteiger partial charge in [0.2, 0.25) is 0 Å². The summed E-state index contributed by atoms with van der Waals surface area (Å²) >= 11 is 0. The van der Waals surface area contributed by atoms with Crippen molar-refractivity contribution >= 4 is 5.97 Å². The average molecular weight is 297 g/mol. The summed E-state index contributed by atoms with van der Waals surface area (Å²) in [6.07, 6.45) is 11.2. The molecule has 1 fully saturated rings. The zero-order chi connectivity index (χ0) is 15.8. The number of hydrogen-bond acceptors (Lipinski definition) is 2. The Bertz CT molecular complexity index is 546. The lowest BCUT2D eigenvalue weighted by molar-refractivity contribution is -0.131. The summed E-state index contributed by atoms with van der Waals surface area (Å²) < 4.78 is 0. The molecule has 2 rings (SSSR count). The second-order valence-electron chi connectivity index (χ2n) is 6.21. The number of nitriles is 1. The summed E-state index contributed by atoms with van der Waals surface area (Å²) in [6, 6.07) is 10.0. The lowest BCUT2D eigenvalue weighted by Gasteiger charge is -2.27. The molecule has 3 nitrogen and oxygen atoms in total. The Morgan fingerprint density at radius 1 is 1.18 bits per heavy atom. The normalized spacial score (nSPS) is 21.6. The number of nitrogens with zero attached hydrogens (tertiary/aromatic N) is 1. The molecule has 1 aromatic rings. The van der Waals surface area contributed by atoms with Crippen molar-refractivity contribution in [2.45, 2.75) is 44.9 Å². The Balaban J connectivity index is 1.68. The highest BCUT2D eigenvalue weighted by Crippen LogP contribution is 2.33. The highest BCUT2D eigenvalue weighted by atomic mass is 16.4. The van der Waals surface area contributed by atoms with Gasteiger partial charge in [0.15, 0.2) is 0 Å². The minimum atomic E-state index is -0.851. The summed E-state index contributed by atoms with van der Waals surface area (Å²) in [7, 11) is 0. The van der Waals surface area contributed by atoms with E-state index in [0.29, 0.717) is 5.92 Å². The fourth-order valence-electron chi connectivity index (χ4n) is 3.23.